The molecule has 2 unspecified atom stereocenters. The van der Waals surface area contributed by atoms with Gasteiger partial charge < -0.3 is 30.1 Å². The van der Waals surface area contributed by atoms with Gasteiger partial charge in [-0.25, -0.2) is 13.7 Å². The van der Waals surface area contributed by atoms with Gasteiger partial charge in [0.2, 0.25) is 11.7 Å². The van der Waals surface area contributed by atoms with E-state index in [2.05, 4.69) is 19.3 Å². The van der Waals surface area contributed by atoms with Crippen molar-refractivity contribution in [1.82, 2.24) is 19.5 Å². The summed E-state index contributed by atoms with van der Waals surface area (Å²) in [6, 6.07) is 5.74. The number of nitrogens with zero attached hydrogens (tertiary/aromatic N) is 4. The van der Waals surface area contributed by atoms with Gasteiger partial charge in [0.25, 0.3) is 11.5 Å². The van der Waals surface area contributed by atoms with E-state index in [1.807, 2.05) is 0 Å². The average Bonchev–Trinajstić information content (AvgIpc) is 3.34. The summed E-state index contributed by atoms with van der Waals surface area (Å²) < 4.78 is 47.3. The van der Waals surface area contributed by atoms with E-state index >= 15 is 0 Å². The fourth-order valence-corrected chi connectivity index (χ4v) is 6.51. The highest BCUT2D eigenvalue weighted by atomic mass is 35.5. The largest absolute Gasteiger partial charge is 0.536 e. The van der Waals surface area contributed by atoms with Gasteiger partial charge in [0.1, 0.15) is 23.8 Å². The number of hydrogen-bond donors (Lipinski definition) is 6. The second-order valence-electron chi connectivity index (χ2n) is 8.65. The zero-order valence-corrected chi connectivity index (χ0v) is 22.8. The minimum absolute atomic E-state index is 0.0281. The Morgan fingerprint density at radius 3 is 2.73 bits per heavy atom. The number of aryl methyl sites for hydroxylation is 1. The van der Waals surface area contributed by atoms with Crippen LogP contribution in [0, 0.1) is 0 Å². The number of H-pyrrole nitrogens is 1. The molecule has 4 aromatic rings. The number of hydrogen-bond acceptors (Lipinski definition) is 12. The highest BCUT2D eigenvalue weighted by Gasteiger charge is 2.48. The quantitative estimate of drug-likeness (QED) is 0.114. The zero-order chi connectivity index (χ0) is 29.0. The Balaban J connectivity index is 1.28. The van der Waals surface area contributed by atoms with Crippen molar-refractivity contribution in [3.8, 4) is 5.75 Å². The second-order valence-corrected chi connectivity index (χ2v) is 12.0. The molecule has 40 heavy (non-hydrogen) atoms. The summed E-state index contributed by atoms with van der Waals surface area (Å²) in [7, 11) is -9.04. The number of pyridine rings is 1. The van der Waals surface area contributed by atoms with Crippen LogP contribution in [0.1, 0.15) is 6.23 Å². The van der Waals surface area contributed by atoms with E-state index in [0.717, 1.165) is 0 Å². The molecule has 0 radical (unpaired) electrons. The van der Waals surface area contributed by atoms with E-state index in [0.29, 0.717) is 5.39 Å². The third kappa shape index (κ3) is 5.49. The maximum absolute atomic E-state index is 12.5. The molecule has 0 spiro atoms. The van der Waals surface area contributed by atoms with Crippen LogP contribution in [-0.2, 0) is 29.7 Å². The van der Waals surface area contributed by atoms with Crippen molar-refractivity contribution in [1.29, 1.82) is 0 Å². The SMILES string of the molecule is Cn1c[n+]([C@@H]2O[C@H](COP(=O)(O)OP(=O)(O)Oc3ccc(Cl)c4cccnc34)[C@@H](O)[C@H]2O)c2nc(N)[nH]c(=O)c21. The first-order valence-corrected chi connectivity index (χ1v) is 14.6. The van der Waals surface area contributed by atoms with Gasteiger partial charge in [-0.3, -0.25) is 28.7 Å². The van der Waals surface area contributed by atoms with Crippen molar-refractivity contribution in [2.45, 2.75) is 24.5 Å². The average molecular weight is 620 g/mol. The lowest BCUT2D eigenvalue weighted by Crippen LogP contribution is -2.46. The number of halogens is 1. The smallest absolute Gasteiger partial charge is 0.402 e. The molecule has 20 heteroatoms. The minimum Gasteiger partial charge on any atom is -0.402 e. The number of aromatic amines is 1. The number of aliphatic hydroxyl groups excluding tert-OH is 2. The molecule has 0 amide bonds. The first-order valence-electron chi connectivity index (χ1n) is 11.3. The lowest BCUT2D eigenvalue weighted by Gasteiger charge is -2.19. The first-order chi connectivity index (χ1) is 18.8. The maximum Gasteiger partial charge on any atom is 0.536 e. The molecule has 0 saturated carbocycles. The number of phosphoric ester groups is 2. The van der Waals surface area contributed by atoms with Crippen LogP contribution in [0.4, 0.5) is 5.95 Å². The van der Waals surface area contributed by atoms with Crippen LogP contribution < -0.4 is 20.4 Å². The molecule has 1 aromatic carbocycles. The van der Waals surface area contributed by atoms with Gasteiger partial charge in [0, 0.05) is 11.6 Å². The molecule has 5 rings (SSSR count). The highest BCUT2D eigenvalue weighted by molar-refractivity contribution is 7.61. The monoisotopic (exact) mass is 619 g/mol. The van der Waals surface area contributed by atoms with Crippen molar-refractivity contribution < 1.29 is 51.8 Å². The summed E-state index contributed by atoms with van der Waals surface area (Å²) in [5.41, 5.74) is 5.27. The molecule has 1 saturated heterocycles. The number of rotatable bonds is 8. The lowest BCUT2D eigenvalue weighted by molar-refractivity contribution is -0.745. The molecule has 3 aromatic heterocycles. The van der Waals surface area contributed by atoms with Crippen LogP contribution >= 0.6 is 27.2 Å². The first kappa shape index (κ1) is 28.6. The van der Waals surface area contributed by atoms with E-state index < -0.39 is 52.4 Å². The summed E-state index contributed by atoms with van der Waals surface area (Å²) in [6.07, 6.45) is -3.26. The van der Waals surface area contributed by atoms with E-state index in [4.69, 9.17) is 31.1 Å². The Kier molecular flexibility index (Phi) is 7.48. The number of nitrogens with two attached hydrogens (primary N) is 1. The third-order valence-electron chi connectivity index (χ3n) is 5.90. The lowest BCUT2D eigenvalue weighted by atomic mass is 10.1. The molecule has 7 N–H and O–H groups in total. The van der Waals surface area contributed by atoms with Gasteiger partial charge in [-0.15, -0.1) is 0 Å². The summed E-state index contributed by atoms with van der Waals surface area (Å²) in [4.78, 5) is 42.9. The van der Waals surface area contributed by atoms with Crippen LogP contribution in [0.3, 0.4) is 0 Å². The Labute approximate surface area is 228 Å². The van der Waals surface area contributed by atoms with Gasteiger partial charge in [-0.05, 0) is 24.3 Å². The molecule has 6 atom stereocenters. The molecule has 1 fully saturated rings. The molecule has 4 heterocycles. The van der Waals surface area contributed by atoms with Crippen molar-refractivity contribution in [3.63, 3.8) is 0 Å². The van der Waals surface area contributed by atoms with E-state index in [1.165, 1.54) is 40.8 Å². The number of imidazole rings is 1. The van der Waals surface area contributed by atoms with Crippen LogP contribution in [-0.4, -0.2) is 64.4 Å². The van der Waals surface area contributed by atoms with Crippen LogP contribution in [0.2, 0.25) is 5.02 Å². The Morgan fingerprint density at radius 2 is 1.98 bits per heavy atom. The summed E-state index contributed by atoms with van der Waals surface area (Å²) in [5.74, 6) is -0.465. The third-order valence-corrected chi connectivity index (χ3v) is 8.79. The topological polar surface area (TPSA) is 245 Å². The van der Waals surface area contributed by atoms with Crippen LogP contribution in [0.15, 0.2) is 41.6 Å². The number of fused-ring (bicyclic) bond motifs is 2. The van der Waals surface area contributed by atoms with E-state index in [1.54, 1.807) is 12.1 Å². The fourth-order valence-electron chi connectivity index (χ4n) is 4.20. The predicted molar refractivity (Wildman–Crippen MR) is 136 cm³/mol. The van der Waals surface area contributed by atoms with Crippen LogP contribution in [0.25, 0.3) is 22.1 Å². The number of anilines is 1. The summed E-state index contributed by atoms with van der Waals surface area (Å²) >= 11 is 6.09. The minimum atomic E-state index is -5.30. The second kappa shape index (κ2) is 10.5. The number of aliphatic hydroxyl groups is 2. The van der Waals surface area contributed by atoms with Crippen molar-refractivity contribution >= 4 is 55.3 Å². The van der Waals surface area contributed by atoms with E-state index in [9.17, 15) is 33.9 Å². The number of nitrogen functional groups attached to an aromatic ring is 1. The molecule has 17 nitrogen and oxygen atoms in total. The molecule has 1 aliphatic heterocycles. The number of aromatic nitrogens is 5. The number of nitrogens with one attached hydrogen (secondary N) is 1. The molecule has 1 aliphatic rings. The Morgan fingerprint density at radius 1 is 1.23 bits per heavy atom. The molecule has 0 bridgehead atoms. The fraction of sp³-hybridized carbons (Fsp3) is 0.300. The van der Waals surface area contributed by atoms with Crippen LogP contribution in [0.5, 0.6) is 5.75 Å². The predicted octanol–water partition coefficient (Wildman–Crippen LogP) is 0.265. The maximum atomic E-state index is 12.5. The molecule has 0 aliphatic carbocycles. The van der Waals surface area contributed by atoms with Gasteiger partial charge in [-0.1, -0.05) is 16.6 Å². The van der Waals surface area contributed by atoms with Gasteiger partial charge in [-0.2, -0.15) is 4.31 Å². The van der Waals surface area contributed by atoms with E-state index in [-0.39, 0.29) is 33.4 Å². The van der Waals surface area contributed by atoms with Crippen molar-refractivity contribution in [2.24, 2.45) is 7.05 Å². The number of phosphoric acid groups is 2. The van der Waals surface area contributed by atoms with Gasteiger partial charge in [0.15, 0.2) is 12.1 Å². The summed E-state index contributed by atoms with van der Waals surface area (Å²) in [6.45, 7) is -0.866. The molecule has 214 valence electrons. The molecular weight excluding hydrogens is 598 g/mol. The zero-order valence-electron chi connectivity index (χ0n) is 20.3. The Bertz CT molecular complexity index is 1770. The molecular formula is C20H22ClN6O11P2+. The normalized spacial score (nSPS) is 24.2. The standard InChI is InChI=1S/C20H21ClN6O11P2/c1-26-8-27(17-14(26)18(30)25-20(22)24-17)19-16(29)15(28)12(36-19)7-35-39(31,32)38-40(33,34)37-11-5-4-10(21)9-3-2-6-23-13(9)11/h2-6,8,12,15-16,19,28-29H,7H2,1H3,(H4-,22,24,25,30,31,32,33,34)/p+1/t12-,15-,16-,19-/m1/s1. The van der Waals surface area contributed by atoms with Crippen molar-refractivity contribution in [2.75, 3.05) is 12.3 Å². The van der Waals surface area contributed by atoms with Gasteiger partial charge >= 0.3 is 21.3 Å². The number of ether oxygens (including phenoxy) is 1. The highest BCUT2D eigenvalue weighted by Crippen LogP contribution is 2.60. The Hall–Kier alpha value is -2.95. The summed E-state index contributed by atoms with van der Waals surface area (Å²) in [5, 5.41) is 21.7. The van der Waals surface area contributed by atoms with Crippen molar-refractivity contribution in [3.05, 3.63) is 52.2 Å². The van der Waals surface area contributed by atoms with Gasteiger partial charge in [0.05, 0.1) is 18.7 Å². The number of benzene rings is 1.